The summed E-state index contributed by atoms with van der Waals surface area (Å²) in [4.78, 5) is 50.8. The molecule has 5 amide bonds. The highest BCUT2D eigenvalue weighted by Crippen LogP contribution is 2.29. The molecule has 2 fully saturated rings. The number of barbiturate groups is 1. The van der Waals surface area contributed by atoms with E-state index >= 15 is 0 Å². The standard InChI is InChI=1S/C21H26N4O4/c1-3-17(26)23-16-12-8-7-11-15(16)22-13(2)18-19(27)24-21(29)25(20(18)28)14-9-5-4-6-10-14/h7-8,11-12,14,18,22H,2-6,9-10H2,1H3,(H,23,26)(H,24,27,29)/t18-/m0/s1. The van der Waals surface area contributed by atoms with Crippen LogP contribution in [0.2, 0.25) is 0 Å². The normalized spacial score (nSPS) is 20.2. The van der Waals surface area contributed by atoms with Crippen LogP contribution in [0.1, 0.15) is 45.4 Å². The third-order valence-electron chi connectivity index (χ3n) is 5.30. The van der Waals surface area contributed by atoms with E-state index < -0.39 is 23.8 Å². The van der Waals surface area contributed by atoms with Gasteiger partial charge in [-0.1, -0.05) is 44.9 Å². The van der Waals surface area contributed by atoms with Crippen LogP contribution in [0, 0.1) is 5.92 Å². The fourth-order valence-electron chi connectivity index (χ4n) is 3.77. The minimum Gasteiger partial charge on any atom is -0.357 e. The second-order valence-electron chi connectivity index (χ2n) is 7.33. The van der Waals surface area contributed by atoms with E-state index in [2.05, 4.69) is 22.5 Å². The summed E-state index contributed by atoms with van der Waals surface area (Å²) >= 11 is 0. The molecular formula is C21H26N4O4. The lowest BCUT2D eigenvalue weighted by Gasteiger charge is -2.38. The maximum atomic E-state index is 13.1. The van der Waals surface area contributed by atoms with Crippen LogP contribution in [0.5, 0.6) is 0 Å². The molecule has 0 bridgehead atoms. The maximum Gasteiger partial charge on any atom is 0.331 e. The topological polar surface area (TPSA) is 108 Å². The monoisotopic (exact) mass is 398 g/mol. The lowest BCUT2D eigenvalue weighted by Crippen LogP contribution is -2.61. The fraction of sp³-hybridized carbons (Fsp3) is 0.429. The molecule has 8 nitrogen and oxygen atoms in total. The van der Waals surface area contributed by atoms with Gasteiger partial charge in [-0.2, -0.15) is 0 Å². The van der Waals surface area contributed by atoms with E-state index in [9.17, 15) is 19.2 Å². The predicted octanol–water partition coefficient (Wildman–Crippen LogP) is 2.99. The average molecular weight is 398 g/mol. The molecule has 154 valence electrons. The molecule has 8 heteroatoms. The Balaban J connectivity index is 1.79. The van der Waals surface area contributed by atoms with E-state index in [1.54, 1.807) is 31.2 Å². The van der Waals surface area contributed by atoms with Gasteiger partial charge in [-0.3, -0.25) is 24.6 Å². The van der Waals surface area contributed by atoms with Gasteiger partial charge >= 0.3 is 6.03 Å². The van der Waals surface area contributed by atoms with Gasteiger partial charge in [-0.15, -0.1) is 0 Å². The summed E-state index contributed by atoms with van der Waals surface area (Å²) < 4.78 is 0. The number of rotatable bonds is 6. The summed E-state index contributed by atoms with van der Waals surface area (Å²) in [5.41, 5.74) is 1.18. The molecule has 1 saturated heterocycles. The highest BCUT2D eigenvalue weighted by atomic mass is 16.2. The molecule has 1 aliphatic heterocycles. The Bertz CT molecular complexity index is 845. The van der Waals surface area contributed by atoms with E-state index in [4.69, 9.17) is 0 Å². The summed E-state index contributed by atoms with van der Waals surface area (Å²) in [5, 5.41) is 8.03. The van der Waals surface area contributed by atoms with Gasteiger partial charge < -0.3 is 10.6 Å². The zero-order valence-electron chi connectivity index (χ0n) is 16.5. The Labute approximate surface area is 169 Å². The number of nitrogens with one attached hydrogen (secondary N) is 3. The molecule has 3 N–H and O–H groups in total. The molecule has 2 aliphatic rings. The molecule has 0 aromatic heterocycles. The molecule has 0 spiro atoms. The first-order valence-corrected chi connectivity index (χ1v) is 9.95. The second-order valence-corrected chi connectivity index (χ2v) is 7.33. The van der Waals surface area contributed by atoms with E-state index in [-0.39, 0.29) is 17.6 Å². The summed E-state index contributed by atoms with van der Waals surface area (Å²) in [6.45, 7) is 5.62. The van der Waals surface area contributed by atoms with Crippen LogP contribution in [0.4, 0.5) is 16.2 Å². The molecule has 29 heavy (non-hydrogen) atoms. The Morgan fingerprint density at radius 2 is 1.72 bits per heavy atom. The van der Waals surface area contributed by atoms with Crippen molar-refractivity contribution in [2.75, 3.05) is 10.6 Å². The van der Waals surface area contributed by atoms with Crippen LogP contribution >= 0.6 is 0 Å². The van der Waals surface area contributed by atoms with Gasteiger partial charge in [0.1, 0.15) is 0 Å². The number of hydrogen-bond donors (Lipinski definition) is 3. The van der Waals surface area contributed by atoms with Crippen molar-refractivity contribution in [2.24, 2.45) is 5.92 Å². The van der Waals surface area contributed by atoms with Crippen LogP contribution < -0.4 is 16.0 Å². The van der Waals surface area contributed by atoms with Gasteiger partial charge in [0.2, 0.25) is 17.7 Å². The number of hydrogen-bond acceptors (Lipinski definition) is 5. The van der Waals surface area contributed by atoms with Crippen molar-refractivity contribution in [3.63, 3.8) is 0 Å². The van der Waals surface area contributed by atoms with Gasteiger partial charge in [0.05, 0.1) is 11.4 Å². The predicted molar refractivity (Wildman–Crippen MR) is 109 cm³/mol. The van der Waals surface area contributed by atoms with Crippen LogP contribution in [0.3, 0.4) is 0 Å². The van der Waals surface area contributed by atoms with Gasteiger partial charge in [-0.25, -0.2) is 4.79 Å². The largest absolute Gasteiger partial charge is 0.357 e. The van der Waals surface area contributed by atoms with Crippen LogP contribution in [0.15, 0.2) is 36.5 Å². The van der Waals surface area contributed by atoms with E-state index in [1.807, 2.05) is 0 Å². The summed E-state index contributed by atoms with van der Waals surface area (Å²) in [7, 11) is 0. The SMILES string of the molecule is C=C(Nc1ccccc1NC(=O)CC)[C@H]1C(=O)NC(=O)N(C2CCCCC2)C1=O. The number of para-hydroxylation sites is 2. The lowest BCUT2D eigenvalue weighted by atomic mass is 9.91. The molecule has 3 rings (SSSR count). The van der Waals surface area contributed by atoms with Crippen molar-refractivity contribution < 1.29 is 19.2 Å². The molecule has 0 radical (unpaired) electrons. The van der Waals surface area contributed by atoms with E-state index in [0.717, 1.165) is 32.1 Å². The highest BCUT2D eigenvalue weighted by molar-refractivity contribution is 6.18. The van der Waals surface area contributed by atoms with Crippen LogP contribution in [0.25, 0.3) is 0 Å². The van der Waals surface area contributed by atoms with Gasteiger partial charge in [0.15, 0.2) is 5.92 Å². The number of amides is 5. The molecule has 1 saturated carbocycles. The van der Waals surface area contributed by atoms with Gasteiger partial charge in [-0.05, 0) is 25.0 Å². The van der Waals surface area contributed by atoms with Crippen molar-refractivity contribution in [1.29, 1.82) is 0 Å². The molecule has 1 aliphatic carbocycles. The summed E-state index contributed by atoms with van der Waals surface area (Å²) in [5.74, 6) is -2.63. The first kappa shape index (κ1) is 20.6. The number of imide groups is 2. The number of nitrogens with zero attached hydrogens (tertiary/aromatic N) is 1. The fourth-order valence-corrected chi connectivity index (χ4v) is 3.77. The third kappa shape index (κ3) is 4.47. The lowest BCUT2D eigenvalue weighted by molar-refractivity contribution is -0.142. The number of urea groups is 1. The Kier molecular flexibility index (Phi) is 6.31. The zero-order valence-corrected chi connectivity index (χ0v) is 16.5. The van der Waals surface area contributed by atoms with Crippen molar-refractivity contribution in [3.8, 4) is 0 Å². The molecule has 1 atom stereocenters. The van der Waals surface area contributed by atoms with E-state index in [0.29, 0.717) is 17.8 Å². The first-order chi connectivity index (χ1) is 13.9. The molecule has 1 aromatic carbocycles. The zero-order chi connectivity index (χ0) is 21.0. The van der Waals surface area contributed by atoms with Crippen LogP contribution in [-0.2, 0) is 14.4 Å². The van der Waals surface area contributed by atoms with Crippen LogP contribution in [-0.4, -0.2) is 34.7 Å². The Morgan fingerprint density at radius 3 is 2.34 bits per heavy atom. The Morgan fingerprint density at radius 1 is 1.10 bits per heavy atom. The molecule has 0 unspecified atom stereocenters. The van der Waals surface area contributed by atoms with Crippen molar-refractivity contribution in [3.05, 3.63) is 36.5 Å². The number of carbonyl (C=O) groups is 4. The minimum atomic E-state index is -1.22. The summed E-state index contributed by atoms with van der Waals surface area (Å²) in [6, 6.07) is 6.09. The average Bonchev–Trinajstić information content (AvgIpc) is 2.69. The van der Waals surface area contributed by atoms with Crippen molar-refractivity contribution in [2.45, 2.75) is 51.5 Å². The molecule has 1 aromatic rings. The molecular weight excluding hydrogens is 372 g/mol. The van der Waals surface area contributed by atoms with Gasteiger partial charge in [0.25, 0.3) is 0 Å². The van der Waals surface area contributed by atoms with Crippen molar-refractivity contribution in [1.82, 2.24) is 10.2 Å². The second kappa shape index (κ2) is 8.89. The third-order valence-corrected chi connectivity index (χ3v) is 5.30. The first-order valence-electron chi connectivity index (χ1n) is 9.95. The minimum absolute atomic E-state index is 0.152. The Hall–Kier alpha value is -3.16. The number of benzene rings is 1. The summed E-state index contributed by atoms with van der Waals surface area (Å²) in [6.07, 6.45) is 4.78. The highest BCUT2D eigenvalue weighted by Gasteiger charge is 2.45. The maximum absolute atomic E-state index is 13.1. The van der Waals surface area contributed by atoms with Gasteiger partial charge in [0, 0.05) is 18.2 Å². The molecule has 1 heterocycles. The smallest absolute Gasteiger partial charge is 0.331 e. The number of anilines is 2. The van der Waals surface area contributed by atoms with E-state index in [1.165, 1.54) is 4.90 Å². The quantitative estimate of drug-likeness (QED) is 0.639. The number of carbonyl (C=O) groups excluding carboxylic acids is 4. The van der Waals surface area contributed by atoms with Crippen molar-refractivity contribution >= 4 is 35.1 Å².